The lowest BCUT2D eigenvalue weighted by molar-refractivity contribution is -0.120. The van der Waals surface area contributed by atoms with Crippen LogP contribution in [0.5, 0.6) is 5.75 Å². The molecule has 1 atom stereocenters. The second-order valence-electron chi connectivity index (χ2n) is 3.23. The fourth-order valence-electron chi connectivity index (χ4n) is 1.07. The molecule has 1 aromatic rings. The first-order chi connectivity index (χ1) is 7.00. The number of primary amides is 1. The standard InChI is InChI=1S/C10H13FN2O2/c1-6(12)7-2-3-9(8(11)4-7)15-5-10(13)14/h2-4,6H,5,12H2,1H3,(H2,13,14)/t6-/m0/s1. The van der Waals surface area contributed by atoms with E-state index in [1.54, 1.807) is 13.0 Å². The summed E-state index contributed by atoms with van der Waals surface area (Å²) in [5.74, 6) is -1.20. The van der Waals surface area contributed by atoms with Gasteiger partial charge in [-0.2, -0.15) is 0 Å². The monoisotopic (exact) mass is 212 g/mol. The molecule has 0 spiro atoms. The molecule has 15 heavy (non-hydrogen) atoms. The molecule has 1 rings (SSSR count). The molecule has 0 saturated carbocycles. The summed E-state index contributed by atoms with van der Waals surface area (Å²) in [5.41, 5.74) is 11.1. The van der Waals surface area contributed by atoms with Gasteiger partial charge in [0.05, 0.1) is 0 Å². The molecular formula is C10H13FN2O2. The molecule has 0 radical (unpaired) electrons. The van der Waals surface area contributed by atoms with Crippen molar-refractivity contribution in [3.63, 3.8) is 0 Å². The molecule has 0 aliphatic heterocycles. The maximum atomic E-state index is 13.3. The number of benzene rings is 1. The number of ether oxygens (including phenoxy) is 1. The van der Waals surface area contributed by atoms with Gasteiger partial charge in [-0.05, 0) is 24.6 Å². The lowest BCUT2D eigenvalue weighted by Crippen LogP contribution is -2.20. The Kier molecular flexibility index (Phi) is 3.62. The van der Waals surface area contributed by atoms with Crippen molar-refractivity contribution in [2.24, 2.45) is 11.5 Å². The highest BCUT2D eigenvalue weighted by atomic mass is 19.1. The van der Waals surface area contributed by atoms with Gasteiger partial charge >= 0.3 is 0 Å². The summed E-state index contributed by atoms with van der Waals surface area (Å²) in [6.07, 6.45) is 0. The molecule has 0 aliphatic rings. The third-order valence-electron chi connectivity index (χ3n) is 1.85. The van der Waals surface area contributed by atoms with Crippen molar-refractivity contribution >= 4 is 5.91 Å². The second-order valence-corrected chi connectivity index (χ2v) is 3.23. The highest BCUT2D eigenvalue weighted by Crippen LogP contribution is 2.20. The number of hydrogen-bond donors (Lipinski definition) is 2. The number of carbonyl (C=O) groups is 1. The SMILES string of the molecule is C[C@H](N)c1ccc(OCC(N)=O)c(F)c1. The summed E-state index contributed by atoms with van der Waals surface area (Å²) < 4.78 is 18.2. The van der Waals surface area contributed by atoms with Crippen LogP contribution in [0.3, 0.4) is 0 Å². The summed E-state index contributed by atoms with van der Waals surface area (Å²) in [4.78, 5) is 10.4. The summed E-state index contributed by atoms with van der Waals surface area (Å²) in [6.45, 7) is 1.41. The van der Waals surface area contributed by atoms with Crippen LogP contribution in [0.4, 0.5) is 4.39 Å². The quantitative estimate of drug-likeness (QED) is 0.771. The lowest BCUT2D eigenvalue weighted by atomic mass is 10.1. The average molecular weight is 212 g/mol. The molecule has 1 aromatic carbocycles. The van der Waals surface area contributed by atoms with Gasteiger partial charge in [-0.1, -0.05) is 6.07 Å². The number of hydrogen-bond acceptors (Lipinski definition) is 3. The van der Waals surface area contributed by atoms with Crippen LogP contribution in [0.25, 0.3) is 0 Å². The zero-order chi connectivity index (χ0) is 11.4. The van der Waals surface area contributed by atoms with Crippen molar-refractivity contribution in [3.05, 3.63) is 29.6 Å². The molecule has 0 aliphatic carbocycles. The second kappa shape index (κ2) is 4.75. The zero-order valence-corrected chi connectivity index (χ0v) is 8.37. The Morgan fingerprint density at radius 2 is 2.27 bits per heavy atom. The van der Waals surface area contributed by atoms with Gasteiger partial charge in [-0.15, -0.1) is 0 Å². The van der Waals surface area contributed by atoms with E-state index in [4.69, 9.17) is 16.2 Å². The maximum absolute atomic E-state index is 13.3. The van der Waals surface area contributed by atoms with E-state index in [0.717, 1.165) is 0 Å². The topological polar surface area (TPSA) is 78.3 Å². The van der Waals surface area contributed by atoms with Gasteiger partial charge in [-0.25, -0.2) is 4.39 Å². The van der Waals surface area contributed by atoms with Crippen LogP contribution >= 0.6 is 0 Å². The van der Waals surface area contributed by atoms with Crippen LogP contribution in [-0.4, -0.2) is 12.5 Å². The molecule has 4 nitrogen and oxygen atoms in total. The molecule has 0 heterocycles. The molecule has 4 N–H and O–H groups in total. The van der Waals surface area contributed by atoms with Crippen molar-refractivity contribution in [2.75, 3.05) is 6.61 Å². The van der Waals surface area contributed by atoms with E-state index >= 15 is 0 Å². The highest BCUT2D eigenvalue weighted by molar-refractivity contribution is 5.75. The normalized spacial score (nSPS) is 12.2. The molecule has 0 unspecified atom stereocenters. The first-order valence-electron chi connectivity index (χ1n) is 4.47. The first kappa shape index (κ1) is 11.5. The lowest BCUT2D eigenvalue weighted by Gasteiger charge is -2.09. The molecular weight excluding hydrogens is 199 g/mol. The summed E-state index contributed by atoms with van der Waals surface area (Å²) in [6, 6.07) is 4.10. The number of rotatable bonds is 4. The number of nitrogens with two attached hydrogens (primary N) is 2. The van der Waals surface area contributed by atoms with Crippen molar-refractivity contribution in [1.82, 2.24) is 0 Å². The third-order valence-corrected chi connectivity index (χ3v) is 1.85. The van der Waals surface area contributed by atoms with Crippen LogP contribution < -0.4 is 16.2 Å². The van der Waals surface area contributed by atoms with E-state index in [2.05, 4.69) is 0 Å². The van der Waals surface area contributed by atoms with Gasteiger partial charge < -0.3 is 16.2 Å². The van der Waals surface area contributed by atoms with Gasteiger partial charge in [-0.3, -0.25) is 4.79 Å². The Morgan fingerprint density at radius 1 is 1.60 bits per heavy atom. The van der Waals surface area contributed by atoms with E-state index in [0.29, 0.717) is 5.56 Å². The predicted octanol–water partition coefficient (Wildman–Crippen LogP) is 0.710. The summed E-state index contributed by atoms with van der Waals surface area (Å²) in [7, 11) is 0. The van der Waals surface area contributed by atoms with E-state index < -0.39 is 11.7 Å². The highest BCUT2D eigenvalue weighted by Gasteiger charge is 2.07. The maximum Gasteiger partial charge on any atom is 0.255 e. The van der Waals surface area contributed by atoms with Crippen LogP contribution in [-0.2, 0) is 4.79 Å². The van der Waals surface area contributed by atoms with Crippen molar-refractivity contribution in [3.8, 4) is 5.75 Å². The van der Waals surface area contributed by atoms with Gasteiger partial charge in [0.1, 0.15) is 0 Å². The fourth-order valence-corrected chi connectivity index (χ4v) is 1.07. The Labute approximate surface area is 87.0 Å². The minimum atomic E-state index is -0.648. The molecule has 5 heteroatoms. The summed E-state index contributed by atoms with van der Waals surface area (Å²) in [5, 5.41) is 0. The van der Waals surface area contributed by atoms with Crippen molar-refractivity contribution < 1.29 is 13.9 Å². The van der Waals surface area contributed by atoms with Crippen LogP contribution in [0, 0.1) is 5.82 Å². The molecule has 0 aromatic heterocycles. The molecule has 82 valence electrons. The number of amides is 1. The van der Waals surface area contributed by atoms with Gasteiger partial charge in [0, 0.05) is 6.04 Å². The van der Waals surface area contributed by atoms with E-state index in [1.165, 1.54) is 12.1 Å². The Balaban J connectivity index is 2.79. The largest absolute Gasteiger partial charge is 0.481 e. The van der Waals surface area contributed by atoms with Crippen molar-refractivity contribution in [2.45, 2.75) is 13.0 Å². The van der Waals surface area contributed by atoms with Gasteiger partial charge in [0.15, 0.2) is 18.2 Å². The average Bonchev–Trinajstić information content (AvgIpc) is 2.15. The molecule has 0 saturated heterocycles. The molecule has 1 amide bonds. The third kappa shape index (κ3) is 3.21. The van der Waals surface area contributed by atoms with E-state index in [1.807, 2.05) is 0 Å². The van der Waals surface area contributed by atoms with Gasteiger partial charge in [0.2, 0.25) is 0 Å². The Morgan fingerprint density at radius 3 is 2.73 bits per heavy atom. The van der Waals surface area contributed by atoms with Crippen LogP contribution in [0.1, 0.15) is 18.5 Å². The number of carbonyl (C=O) groups excluding carboxylic acids is 1. The van der Waals surface area contributed by atoms with Crippen molar-refractivity contribution in [1.29, 1.82) is 0 Å². The van der Waals surface area contributed by atoms with Crippen LogP contribution in [0.15, 0.2) is 18.2 Å². The Bertz CT molecular complexity index is 366. The van der Waals surface area contributed by atoms with Gasteiger partial charge in [0.25, 0.3) is 5.91 Å². The fraction of sp³-hybridized carbons (Fsp3) is 0.300. The van der Waals surface area contributed by atoms with E-state index in [-0.39, 0.29) is 18.4 Å². The zero-order valence-electron chi connectivity index (χ0n) is 8.37. The predicted molar refractivity (Wildman–Crippen MR) is 53.7 cm³/mol. The Hall–Kier alpha value is -1.62. The van der Waals surface area contributed by atoms with Crippen LogP contribution in [0.2, 0.25) is 0 Å². The summed E-state index contributed by atoms with van der Waals surface area (Å²) >= 11 is 0. The molecule has 0 fully saturated rings. The van der Waals surface area contributed by atoms with E-state index in [9.17, 15) is 9.18 Å². The minimum Gasteiger partial charge on any atom is -0.481 e. The smallest absolute Gasteiger partial charge is 0.255 e. The minimum absolute atomic E-state index is 0.00167. The molecule has 0 bridgehead atoms. The first-order valence-corrected chi connectivity index (χ1v) is 4.47. The number of halogens is 1.